The minimum atomic E-state index is 0.534. The molecular formula is C17H17NO2. The van der Waals surface area contributed by atoms with Crippen LogP contribution in [-0.2, 0) is 13.0 Å². The molecule has 1 aliphatic heterocycles. The van der Waals surface area contributed by atoms with Gasteiger partial charge in [-0.3, -0.25) is 0 Å². The third-order valence-corrected chi connectivity index (χ3v) is 3.32. The first kappa shape index (κ1) is 12.6. The van der Waals surface area contributed by atoms with Gasteiger partial charge in [-0.1, -0.05) is 36.4 Å². The molecule has 102 valence electrons. The molecule has 0 spiro atoms. The molecule has 0 amide bonds. The highest BCUT2D eigenvalue weighted by Crippen LogP contribution is 2.35. The smallest absolute Gasteiger partial charge is 0.163 e. The van der Waals surface area contributed by atoms with Crippen LogP contribution in [0.25, 0.3) is 0 Å². The predicted octanol–water partition coefficient (Wildman–Crippen LogP) is 3.76. The first-order valence-corrected chi connectivity index (χ1v) is 6.66. The van der Waals surface area contributed by atoms with Crippen molar-refractivity contribution < 1.29 is 9.47 Å². The van der Waals surface area contributed by atoms with E-state index < -0.39 is 0 Å². The van der Waals surface area contributed by atoms with E-state index in [0.29, 0.717) is 6.61 Å². The average Bonchev–Trinajstić information content (AvgIpc) is 2.53. The summed E-state index contributed by atoms with van der Waals surface area (Å²) in [5.74, 6) is 1.54. The maximum atomic E-state index is 5.89. The van der Waals surface area contributed by atoms with Crippen LogP contribution in [0.3, 0.4) is 0 Å². The van der Waals surface area contributed by atoms with Crippen molar-refractivity contribution in [2.24, 2.45) is 0 Å². The topological polar surface area (TPSA) is 30.5 Å². The zero-order valence-electron chi connectivity index (χ0n) is 11.4. The Balaban J connectivity index is 1.82. The van der Waals surface area contributed by atoms with E-state index in [0.717, 1.165) is 29.2 Å². The molecule has 3 nitrogen and oxygen atoms in total. The van der Waals surface area contributed by atoms with Gasteiger partial charge in [-0.25, -0.2) is 0 Å². The van der Waals surface area contributed by atoms with Crippen molar-refractivity contribution >= 4 is 5.69 Å². The molecule has 0 saturated carbocycles. The van der Waals surface area contributed by atoms with Gasteiger partial charge in [0.05, 0.1) is 7.11 Å². The number of benzene rings is 2. The second-order valence-corrected chi connectivity index (χ2v) is 4.69. The van der Waals surface area contributed by atoms with Gasteiger partial charge in [0.1, 0.15) is 6.61 Å². The van der Waals surface area contributed by atoms with Crippen molar-refractivity contribution in [1.29, 1.82) is 0 Å². The summed E-state index contributed by atoms with van der Waals surface area (Å²) < 4.78 is 11.3. The van der Waals surface area contributed by atoms with Crippen LogP contribution in [-0.4, -0.2) is 7.11 Å². The fourth-order valence-electron chi connectivity index (χ4n) is 2.25. The predicted molar refractivity (Wildman–Crippen MR) is 80.2 cm³/mol. The molecule has 0 unspecified atom stereocenters. The van der Waals surface area contributed by atoms with Gasteiger partial charge >= 0.3 is 0 Å². The van der Waals surface area contributed by atoms with E-state index >= 15 is 0 Å². The highest BCUT2D eigenvalue weighted by molar-refractivity contribution is 5.63. The van der Waals surface area contributed by atoms with Gasteiger partial charge in [0.25, 0.3) is 0 Å². The second kappa shape index (κ2) is 5.70. The molecule has 0 bridgehead atoms. The lowest BCUT2D eigenvalue weighted by Gasteiger charge is -2.17. The largest absolute Gasteiger partial charge is 0.493 e. The van der Waals surface area contributed by atoms with Gasteiger partial charge in [0.2, 0.25) is 0 Å². The standard InChI is InChI=1S/C17H17NO2/c1-19-16-10-14-8-5-9-18-15(14)11-17(16)20-12-13-6-3-2-4-7-13/h2-7,9-11,18H,8,12H2,1H3. The molecular weight excluding hydrogens is 250 g/mol. The van der Waals surface area contributed by atoms with E-state index in [2.05, 4.69) is 11.4 Å². The van der Waals surface area contributed by atoms with Gasteiger partial charge in [0.15, 0.2) is 11.5 Å². The Morgan fingerprint density at radius 1 is 1.10 bits per heavy atom. The molecule has 1 heterocycles. The number of allylic oxidation sites excluding steroid dienone is 1. The molecule has 1 N–H and O–H groups in total. The van der Waals surface area contributed by atoms with Crippen molar-refractivity contribution in [3.05, 3.63) is 65.9 Å². The van der Waals surface area contributed by atoms with Gasteiger partial charge in [-0.2, -0.15) is 0 Å². The zero-order chi connectivity index (χ0) is 13.8. The maximum Gasteiger partial charge on any atom is 0.163 e. The first-order valence-electron chi connectivity index (χ1n) is 6.66. The van der Waals surface area contributed by atoms with Crippen molar-refractivity contribution in [2.45, 2.75) is 13.0 Å². The van der Waals surface area contributed by atoms with Crippen molar-refractivity contribution in [2.75, 3.05) is 12.4 Å². The third-order valence-electron chi connectivity index (χ3n) is 3.32. The summed E-state index contributed by atoms with van der Waals surface area (Å²) in [4.78, 5) is 0. The van der Waals surface area contributed by atoms with Crippen LogP contribution in [0.5, 0.6) is 11.5 Å². The molecule has 0 radical (unpaired) electrons. The number of methoxy groups -OCH3 is 1. The number of hydrogen-bond donors (Lipinski definition) is 1. The van der Waals surface area contributed by atoms with E-state index in [4.69, 9.17) is 9.47 Å². The summed E-state index contributed by atoms with van der Waals surface area (Å²) in [5.41, 5.74) is 3.44. The summed E-state index contributed by atoms with van der Waals surface area (Å²) in [6.07, 6.45) is 4.96. The number of nitrogens with one attached hydrogen (secondary N) is 1. The van der Waals surface area contributed by atoms with E-state index in [1.54, 1.807) is 7.11 Å². The molecule has 0 atom stereocenters. The average molecular weight is 267 g/mol. The lowest BCUT2D eigenvalue weighted by molar-refractivity contribution is 0.284. The molecule has 2 aromatic carbocycles. The summed E-state index contributed by atoms with van der Waals surface area (Å²) in [5, 5.41) is 3.24. The van der Waals surface area contributed by atoms with Crippen LogP contribution in [0, 0.1) is 0 Å². The van der Waals surface area contributed by atoms with Gasteiger partial charge in [-0.15, -0.1) is 0 Å². The van der Waals surface area contributed by atoms with Crippen LogP contribution in [0.2, 0.25) is 0 Å². The lowest BCUT2D eigenvalue weighted by Crippen LogP contribution is -2.03. The summed E-state index contributed by atoms with van der Waals surface area (Å²) >= 11 is 0. The van der Waals surface area contributed by atoms with E-state index in [1.807, 2.05) is 48.7 Å². The van der Waals surface area contributed by atoms with Crippen LogP contribution >= 0.6 is 0 Å². The summed E-state index contributed by atoms with van der Waals surface area (Å²) in [7, 11) is 1.67. The Morgan fingerprint density at radius 2 is 1.95 bits per heavy atom. The minimum Gasteiger partial charge on any atom is -0.493 e. The Kier molecular flexibility index (Phi) is 3.59. The highest BCUT2D eigenvalue weighted by atomic mass is 16.5. The summed E-state index contributed by atoms with van der Waals surface area (Å²) in [6.45, 7) is 0.534. The molecule has 2 aromatic rings. The number of anilines is 1. The fourth-order valence-corrected chi connectivity index (χ4v) is 2.25. The molecule has 0 saturated heterocycles. The van der Waals surface area contributed by atoms with Crippen LogP contribution in [0.15, 0.2) is 54.7 Å². The quantitative estimate of drug-likeness (QED) is 0.915. The second-order valence-electron chi connectivity index (χ2n) is 4.69. The molecule has 0 aliphatic carbocycles. The Labute approximate surface area is 118 Å². The molecule has 0 aromatic heterocycles. The minimum absolute atomic E-state index is 0.534. The van der Waals surface area contributed by atoms with Gasteiger partial charge in [-0.05, 0) is 29.8 Å². The van der Waals surface area contributed by atoms with Crippen molar-refractivity contribution in [3.63, 3.8) is 0 Å². The van der Waals surface area contributed by atoms with Crippen LogP contribution in [0.4, 0.5) is 5.69 Å². The number of fused-ring (bicyclic) bond motifs is 1. The normalized spacial score (nSPS) is 12.4. The lowest BCUT2D eigenvalue weighted by atomic mass is 10.1. The number of hydrogen-bond acceptors (Lipinski definition) is 3. The zero-order valence-corrected chi connectivity index (χ0v) is 11.4. The first-order chi connectivity index (χ1) is 9.86. The molecule has 20 heavy (non-hydrogen) atoms. The number of ether oxygens (including phenoxy) is 2. The fraction of sp³-hybridized carbons (Fsp3) is 0.176. The van der Waals surface area contributed by atoms with Crippen LogP contribution < -0.4 is 14.8 Å². The molecule has 3 rings (SSSR count). The van der Waals surface area contributed by atoms with E-state index in [9.17, 15) is 0 Å². The maximum absolute atomic E-state index is 5.89. The third kappa shape index (κ3) is 2.62. The monoisotopic (exact) mass is 267 g/mol. The highest BCUT2D eigenvalue weighted by Gasteiger charge is 2.12. The van der Waals surface area contributed by atoms with E-state index in [-0.39, 0.29) is 0 Å². The van der Waals surface area contributed by atoms with Gasteiger partial charge < -0.3 is 14.8 Å². The van der Waals surface area contributed by atoms with E-state index in [1.165, 1.54) is 5.56 Å². The van der Waals surface area contributed by atoms with Crippen LogP contribution in [0.1, 0.15) is 11.1 Å². The molecule has 3 heteroatoms. The number of rotatable bonds is 4. The SMILES string of the molecule is COc1cc2c(cc1OCc1ccccc1)NC=CC2. The van der Waals surface area contributed by atoms with Crippen molar-refractivity contribution in [3.8, 4) is 11.5 Å². The van der Waals surface area contributed by atoms with Crippen molar-refractivity contribution in [1.82, 2.24) is 0 Å². The Hall–Kier alpha value is -2.42. The summed E-state index contributed by atoms with van der Waals surface area (Å²) in [6, 6.07) is 14.1. The molecule has 1 aliphatic rings. The Morgan fingerprint density at radius 3 is 2.75 bits per heavy atom. The van der Waals surface area contributed by atoms with Gasteiger partial charge in [0, 0.05) is 11.8 Å². The molecule has 0 fully saturated rings. The Bertz CT molecular complexity index is 620.